The number of rotatable bonds is 5. The molecule has 30 heavy (non-hydrogen) atoms. The zero-order valence-corrected chi connectivity index (χ0v) is 16.5. The van der Waals surface area contributed by atoms with Crippen molar-refractivity contribution in [3.05, 3.63) is 53.5 Å². The SMILES string of the molecule is Cc1cc(-c2c(C3CCOCC3)nc(OCC(=O)O)c3cc(O)ccc23)ccc1F. The van der Waals surface area contributed by atoms with Gasteiger partial charge in [0, 0.05) is 30.1 Å². The van der Waals surface area contributed by atoms with Crippen LogP contribution in [0.4, 0.5) is 4.39 Å². The number of carbonyl (C=O) groups is 1. The van der Waals surface area contributed by atoms with Gasteiger partial charge in [-0.15, -0.1) is 0 Å². The monoisotopic (exact) mass is 411 g/mol. The Labute approximate surface area is 172 Å². The number of benzene rings is 2. The normalized spacial score (nSPS) is 14.7. The van der Waals surface area contributed by atoms with E-state index in [0.717, 1.165) is 35.0 Å². The van der Waals surface area contributed by atoms with Crippen LogP contribution in [-0.4, -0.2) is 41.0 Å². The topological polar surface area (TPSA) is 88.9 Å². The molecule has 3 aromatic rings. The fourth-order valence-corrected chi connectivity index (χ4v) is 3.90. The lowest BCUT2D eigenvalue weighted by molar-refractivity contribution is -0.139. The molecule has 0 spiro atoms. The molecule has 2 heterocycles. The highest BCUT2D eigenvalue weighted by atomic mass is 19.1. The molecule has 1 aromatic heterocycles. The lowest BCUT2D eigenvalue weighted by Crippen LogP contribution is -2.17. The van der Waals surface area contributed by atoms with Crippen molar-refractivity contribution >= 4 is 16.7 Å². The van der Waals surface area contributed by atoms with Gasteiger partial charge in [0.15, 0.2) is 6.61 Å². The minimum absolute atomic E-state index is 0.0181. The second-order valence-electron chi connectivity index (χ2n) is 7.44. The maximum absolute atomic E-state index is 13.9. The highest BCUT2D eigenvalue weighted by Crippen LogP contribution is 2.42. The Morgan fingerprint density at radius 1 is 1.20 bits per heavy atom. The van der Waals surface area contributed by atoms with Gasteiger partial charge in [-0.25, -0.2) is 14.2 Å². The highest BCUT2D eigenvalue weighted by molar-refractivity contribution is 6.01. The molecule has 1 saturated heterocycles. The van der Waals surface area contributed by atoms with Crippen molar-refractivity contribution in [1.82, 2.24) is 4.98 Å². The second kappa shape index (κ2) is 8.28. The van der Waals surface area contributed by atoms with Gasteiger partial charge in [0.2, 0.25) is 5.88 Å². The maximum atomic E-state index is 13.9. The zero-order chi connectivity index (χ0) is 21.3. The van der Waals surface area contributed by atoms with E-state index in [4.69, 9.17) is 19.6 Å². The number of aliphatic carboxylic acids is 1. The molecule has 0 radical (unpaired) electrons. The number of phenols is 1. The molecule has 4 rings (SSSR count). The van der Waals surface area contributed by atoms with E-state index in [0.29, 0.717) is 24.2 Å². The van der Waals surface area contributed by atoms with Gasteiger partial charge in [-0.2, -0.15) is 0 Å². The first-order valence-corrected chi connectivity index (χ1v) is 9.79. The molecule has 6 nitrogen and oxygen atoms in total. The Hall–Kier alpha value is -3.19. The molecule has 1 fully saturated rings. The van der Waals surface area contributed by atoms with Crippen LogP contribution in [-0.2, 0) is 9.53 Å². The summed E-state index contributed by atoms with van der Waals surface area (Å²) in [6, 6.07) is 9.76. The predicted octanol–water partition coefficient (Wildman–Crippen LogP) is 4.41. The minimum atomic E-state index is -1.11. The van der Waals surface area contributed by atoms with Crippen LogP contribution in [0.3, 0.4) is 0 Å². The first kappa shape index (κ1) is 20.1. The Balaban J connectivity index is 1.99. The smallest absolute Gasteiger partial charge is 0.341 e. The molecule has 0 amide bonds. The third-order valence-electron chi connectivity index (χ3n) is 5.37. The molecule has 1 aliphatic rings. The molecular formula is C23H22FNO5. The van der Waals surface area contributed by atoms with E-state index in [9.17, 15) is 14.3 Å². The van der Waals surface area contributed by atoms with Gasteiger partial charge in [0.25, 0.3) is 0 Å². The van der Waals surface area contributed by atoms with Crippen molar-refractivity contribution in [3.63, 3.8) is 0 Å². The number of carboxylic acid groups (broad SMARTS) is 1. The Morgan fingerprint density at radius 2 is 1.97 bits per heavy atom. The van der Waals surface area contributed by atoms with Gasteiger partial charge in [-0.05, 0) is 66.6 Å². The molecule has 156 valence electrons. The molecule has 2 N–H and O–H groups in total. The summed E-state index contributed by atoms with van der Waals surface area (Å²) in [6.45, 7) is 2.37. The summed E-state index contributed by atoms with van der Waals surface area (Å²) < 4.78 is 24.9. The van der Waals surface area contributed by atoms with Gasteiger partial charge < -0.3 is 19.7 Å². The average Bonchev–Trinajstić information content (AvgIpc) is 2.74. The molecule has 0 atom stereocenters. The fourth-order valence-electron chi connectivity index (χ4n) is 3.90. The third kappa shape index (κ3) is 3.93. The number of hydrogen-bond donors (Lipinski definition) is 2. The van der Waals surface area contributed by atoms with Crippen LogP contribution >= 0.6 is 0 Å². The summed E-state index contributed by atoms with van der Waals surface area (Å²) in [5, 5.41) is 20.3. The first-order chi connectivity index (χ1) is 14.4. The number of ether oxygens (including phenoxy) is 2. The van der Waals surface area contributed by atoms with Crippen molar-refractivity contribution in [2.75, 3.05) is 19.8 Å². The van der Waals surface area contributed by atoms with Crippen LogP contribution < -0.4 is 4.74 Å². The van der Waals surface area contributed by atoms with E-state index in [1.54, 1.807) is 31.2 Å². The number of aryl methyl sites for hydroxylation is 1. The van der Waals surface area contributed by atoms with Crippen LogP contribution in [0, 0.1) is 12.7 Å². The van der Waals surface area contributed by atoms with Crippen molar-refractivity contribution in [1.29, 1.82) is 0 Å². The lowest BCUT2D eigenvalue weighted by atomic mass is 9.87. The molecular weight excluding hydrogens is 389 g/mol. The molecule has 7 heteroatoms. The summed E-state index contributed by atoms with van der Waals surface area (Å²) in [5.41, 5.74) is 2.93. The van der Waals surface area contributed by atoms with Crippen molar-refractivity contribution in [2.24, 2.45) is 0 Å². The van der Waals surface area contributed by atoms with Crippen molar-refractivity contribution in [3.8, 4) is 22.8 Å². The van der Waals surface area contributed by atoms with Gasteiger partial charge in [-0.3, -0.25) is 0 Å². The fraction of sp³-hybridized carbons (Fsp3) is 0.304. The van der Waals surface area contributed by atoms with Gasteiger partial charge in [0.05, 0.1) is 5.69 Å². The van der Waals surface area contributed by atoms with E-state index in [1.807, 2.05) is 0 Å². The van der Waals surface area contributed by atoms with Crippen LogP contribution in [0.1, 0.15) is 30.0 Å². The Morgan fingerprint density at radius 3 is 2.67 bits per heavy atom. The number of pyridine rings is 1. The number of phenolic OH excluding ortho intramolecular Hbond substituents is 1. The summed E-state index contributed by atoms with van der Waals surface area (Å²) in [5.74, 6) is -1.14. The number of aromatic hydroxyl groups is 1. The number of hydrogen-bond acceptors (Lipinski definition) is 5. The first-order valence-electron chi connectivity index (χ1n) is 9.79. The average molecular weight is 411 g/mol. The summed E-state index contributed by atoms with van der Waals surface area (Å²) in [6.07, 6.45) is 1.53. The number of fused-ring (bicyclic) bond motifs is 1. The van der Waals surface area contributed by atoms with E-state index in [1.165, 1.54) is 12.1 Å². The van der Waals surface area contributed by atoms with Crippen LogP contribution in [0.25, 0.3) is 21.9 Å². The molecule has 0 bridgehead atoms. The predicted molar refractivity (Wildman–Crippen MR) is 109 cm³/mol. The highest BCUT2D eigenvalue weighted by Gasteiger charge is 2.25. The minimum Gasteiger partial charge on any atom is -0.508 e. The third-order valence-corrected chi connectivity index (χ3v) is 5.37. The summed E-state index contributed by atoms with van der Waals surface area (Å²) in [4.78, 5) is 15.8. The van der Waals surface area contributed by atoms with Gasteiger partial charge in [-0.1, -0.05) is 6.07 Å². The standard InChI is InChI=1S/C23H22FNO5/c1-13-10-15(2-5-19(13)24)21-17-4-3-16(26)11-18(17)23(30-12-20(27)28)25-22(21)14-6-8-29-9-7-14/h2-5,10-11,14,26H,6-9,12H2,1H3,(H,27,28). The van der Waals surface area contributed by atoms with E-state index >= 15 is 0 Å². The van der Waals surface area contributed by atoms with Crippen LogP contribution in [0.15, 0.2) is 36.4 Å². The van der Waals surface area contributed by atoms with E-state index in [2.05, 4.69) is 0 Å². The number of carboxylic acids is 1. The zero-order valence-electron chi connectivity index (χ0n) is 16.5. The number of halogens is 1. The number of aromatic nitrogens is 1. The quantitative estimate of drug-likeness (QED) is 0.646. The summed E-state index contributed by atoms with van der Waals surface area (Å²) >= 11 is 0. The van der Waals surface area contributed by atoms with Gasteiger partial charge in [0.1, 0.15) is 11.6 Å². The molecule has 2 aromatic carbocycles. The lowest BCUT2D eigenvalue weighted by Gasteiger charge is -2.26. The van der Waals surface area contributed by atoms with Crippen LogP contribution in [0.2, 0.25) is 0 Å². The van der Waals surface area contributed by atoms with Crippen molar-refractivity contribution < 1.29 is 28.9 Å². The maximum Gasteiger partial charge on any atom is 0.341 e. The molecule has 0 unspecified atom stereocenters. The molecule has 1 aliphatic heterocycles. The Bertz CT molecular complexity index is 1110. The molecule has 0 saturated carbocycles. The van der Waals surface area contributed by atoms with Crippen LogP contribution in [0.5, 0.6) is 11.6 Å². The number of nitrogens with zero attached hydrogens (tertiary/aromatic N) is 1. The largest absolute Gasteiger partial charge is 0.508 e. The van der Waals surface area contributed by atoms with E-state index in [-0.39, 0.29) is 23.4 Å². The van der Waals surface area contributed by atoms with E-state index < -0.39 is 12.6 Å². The Kier molecular flexibility index (Phi) is 5.55. The molecule has 0 aliphatic carbocycles. The second-order valence-corrected chi connectivity index (χ2v) is 7.44. The summed E-state index contributed by atoms with van der Waals surface area (Å²) in [7, 11) is 0. The van der Waals surface area contributed by atoms with Gasteiger partial charge >= 0.3 is 5.97 Å². The van der Waals surface area contributed by atoms with Crippen molar-refractivity contribution in [2.45, 2.75) is 25.7 Å².